The minimum Gasteiger partial charge on any atom is -0.497 e. The maximum absolute atomic E-state index is 12.7. The van der Waals surface area contributed by atoms with Gasteiger partial charge in [0, 0.05) is 17.3 Å². The van der Waals surface area contributed by atoms with E-state index in [0.717, 1.165) is 0 Å². The van der Waals surface area contributed by atoms with Gasteiger partial charge in [-0.1, -0.05) is 35.9 Å². The predicted octanol–water partition coefficient (Wildman–Crippen LogP) is 3.96. The second-order valence-corrected chi connectivity index (χ2v) is 8.46. The third-order valence-electron chi connectivity index (χ3n) is 4.21. The number of amides is 1. The topological polar surface area (TPSA) is 93.7 Å². The van der Waals surface area contributed by atoms with Gasteiger partial charge >= 0.3 is 0 Å². The van der Waals surface area contributed by atoms with Crippen LogP contribution in [0.25, 0.3) is 0 Å². The van der Waals surface area contributed by atoms with Gasteiger partial charge in [-0.2, -0.15) is 0 Å². The SMILES string of the molecule is COc1cccc(OCCNC(=O)c2ccc(Cl)c(S(=O)(=O)Nc3ccccc3)c2)c1. The summed E-state index contributed by atoms with van der Waals surface area (Å²) in [4.78, 5) is 12.3. The van der Waals surface area contributed by atoms with Crippen LogP contribution >= 0.6 is 11.6 Å². The van der Waals surface area contributed by atoms with E-state index in [1.807, 2.05) is 0 Å². The van der Waals surface area contributed by atoms with Crippen LogP contribution in [0.15, 0.2) is 77.7 Å². The van der Waals surface area contributed by atoms with Crippen LogP contribution < -0.4 is 19.5 Å². The third-order valence-corrected chi connectivity index (χ3v) is 6.07. The quantitative estimate of drug-likeness (QED) is 0.471. The van der Waals surface area contributed by atoms with Gasteiger partial charge in [-0.05, 0) is 42.5 Å². The summed E-state index contributed by atoms with van der Waals surface area (Å²) in [7, 11) is -2.40. The summed E-state index contributed by atoms with van der Waals surface area (Å²) in [6.07, 6.45) is 0. The number of anilines is 1. The number of benzene rings is 3. The van der Waals surface area contributed by atoms with Crippen molar-refractivity contribution >= 4 is 33.2 Å². The van der Waals surface area contributed by atoms with Crippen LogP contribution in [0.4, 0.5) is 5.69 Å². The Bertz CT molecular complexity index is 1150. The number of hydrogen-bond acceptors (Lipinski definition) is 5. The summed E-state index contributed by atoms with van der Waals surface area (Å²) >= 11 is 6.09. The fraction of sp³-hybridized carbons (Fsp3) is 0.136. The second kappa shape index (κ2) is 10.2. The lowest BCUT2D eigenvalue weighted by atomic mass is 10.2. The number of nitrogens with one attached hydrogen (secondary N) is 2. The lowest BCUT2D eigenvalue weighted by Crippen LogP contribution is -2.28. The first-order chi connectivity index (χ1) is 14.9. The highest BCUT2D eigenvalue weighted by Crippen LogP contribution is 2.25. The van der Waals surface area contributed by atoms with E-state index in [0.29, 0.717) is 17.2 Å². The number of para-hydroxylation sites is 1. The molecule has 0 saturated carbocycles. The minimum atomic E-state index is -3.97. The molecule has 162 valence electrons. The van der Waals surface area contributed by atoms with Crippen molar-refractivity contribution in [3.8, 4) is 11.5 Å². The number of halogens is 1. The first kappa shape index (κ1) is 22.5. The van der Waals surface area contributed by atoms with Crippen molar-refractivity contribution < 1.29 is 22.7 Å². The zero-order chi connectivity index (χ0) is 22.3. The number of ether oxygens (including phenoxy) is 2. The minimum absolute atomic E-state index is 0.0151. The van der Waals surface area contributed by atoms with Gasteiger partial charge in [-0.3, -0.25) is 9.52 Å². The van der Waals surface area contributed by atoms with Crippen molar-refractivity contribution in [2.45, 2.75) is 4.90 Å². The summed E-state index contributed by atoms with van der Waals surface area (Å²) in [5.41, 5.74) is 0.558. The molecule has 2 N–H and O–H groups in total. The molecule has 0 aliphatic rings. The van der Waals surface area contributed by atoms with Crippen LogP contribution in [0, 0.1) is 0 Å². The maximum Gasteiger partial charge on any atom is 0.263 e. The first-order valence-corrected chi connectivity index (χ1v) is 11.2. The molecule has 0 aromatic heterocycles. The van der Waals surface area contributed by atoms with Crippen LogP contribution in [0.1, 0.15) is 10.4 Å². The van der Waals surface area contributed by atoms with E-state index in [4.69, 9.17) is 21.1 Å². The van der Waals surface area contributed by atoms with Gasteiger partial charge in [0.25, 0.3) is 15.9 Å². The lowest BCUT2D eigenvalue weighted by Gasteiger charge is -2.12. The van der Waals surface area contributed by atoms with E-state index in [9.17, 15) is 13.2 Å². The van der Waals surface area contributed by atoms with E-state index < -0.39 is 15.9 Å². The molecule has 0 aliphatic carbocycles. The molecule has 0 aliphatic heterocycles. The highest BCUT2D eigenvalue weighted by atomic mass is 35.5. The van der Waals surface area contributed by atoms with Gasteiger partial charge in [-0.25, -0.2) is 8.42 Å². The average molecular weight is 461 g/mol. The Hall–Kier alpha value is -3.23. The smallest absolute Gasteiger partial charge is 0.263 e. The van der Waals surface area contributed by atoms with E-state index >= 15 is 0 Å². The average Bonchev–Trinajstić information content (AvgIpc) is 2.77. The molecule has 0 radical (unpaired) electrons. The number of carbonyl (C=O) groups excluding carboxylic acids is 1. The molecular weight excluding hydrogens is 440 g/mol. The summed E-state index contributed by atoms with van der Waals surface area (Å²) < 4.78 is 38.6. The molecule has 1 amide bonds. The Morgan fingerprint density at radius 1 is 0.968 bits per heavy atom. The van der Waals surface area contributed by atoms with Crippen molar-refractivity contribution in [1.29, 1.82) is 0 Å². The van der Waals surface area contributed by atoms with Crippen molar-refractivity contribution in [3.05, 3.63) is 83.4 Å². The van der Waals surface area contributed by atoms with E-state index in [1.165, 1.54) is 18.2 Å². The Morgan fingerprint density at radius 3 is 2.45 bits per heavy atom. The Kier molecular flexibility index (Phi) is 7.38. The van der Waals surface area contributed by atoms with Crippen molar-refractivity contribution in [2.24, 2.45) is 0 Å². The number of sulfonamides is 1. The van der Waals surface area contributed by atoms with Crippen LogP contribution in [0.5, 0.6) is 11.5 Å². The lowest BCUT2D eigenvalue weighted by molar-refractivity contribution is 0.0946. The third kappa shape index (κ3) is 6.13. The molecule has 0 bridgehead atoms. The molecule has 3 aromatic carbocycles. The fourth-order valence-corrected chi connectivity index (χ4v) is 4.28. The second-order valence-electron chi connectivity index (χ2n) is 6.40. The summed E-state index contributed by atoms with van der Waals surface area (Å²) in [5, 5.41) is 2.71. The molecule has 31 heavy (non-hydrogen) atoms. The van der Waals surface area contributed by atoms with Crippen LogP contribution in [-0.4, -0.2) is 34.6 Å². The molecule has 0 atom stereocenters. The number of methoxy groups -OCH3 is 1. The van der Waals surface area contributed by atoms with Gasteiger partial charge < -0.3 is 14.8 Å². The molecule has 0 spiro atoms. The number of rotatable bonds is 9. The van der Waals surface area contributed by atoms with E-state index in [1.54, 1.807) is 61.7 Å². The molecule has 0 unspecified atom stereocenters. The van der Waals surface area contributed by atoms with Crippen LogP contribution in [0.3, 0.4) is 0 Å². The van der Waals surface area contributed by atoms with Crippen molar-refractivity contribution in [1.82, 2.24) is 5.32 Å². The zero-order valence-electron chi connectivity index (χ0n) is 16.7. The molecule has 3 aromatic rings. The summed E-state index contributed by atoms with van der Waals surface area (Å²) in [6, 6.07) is 19.6. The first-order valence-electron chi connectivity index (χ1n) is 9.31. The normalized spacial score (nSPS) is 10.9. The molecule has 3 rings (SSSR count). The Balaban J connectivity index is 1.62. The highest BCUT2D eigenvalue weighted by molar-refractivity contribution is 7.92. The van der Waals surface area contributed by atoms with Crippen molar-refractivity contribution in [2.75, 3.05) is 25.0 Å². The molecule has 7 nitrogen and oxygen atoms in total. The van der Waals surface area contributed by atoms with Gasteiger partial charge in [0.05, 0.1) is 18.7 Å². The highest BCUT2D eigenvalue weighted by Gasteiger charge is 2.20. The molecule has 0 saturated heterocycles. The van der Waals surface area contributed by atoms with Gasteiger partial charge in [0.1, 0.15) is 23.0 Å². The summed E-state index contributed by atoms with van der Waals surface area (Å²) in [6.45, 7) is 0.455. The summed E-state index contributed by atoms with van der Waals surface area (Å²) in [5.74, 6) is 0.836. The van der Waals surface area contributed by atoms with Gasteiger partial charge in [0.2, 0.25) is 0 Å². The Labute approximate surface area is 186 Å². The molecule has 9 heteroatoms. The largest absolute Gasteiger partial charge is 0.497 e. The number of hydrogen-bond donors (Lipinski definition) is 2. The van der Waals surface area contributed by atoms with Crippen LogP contribution in [-0.2, 0) is 10.0 Å². The fourth-order valence-electron chi connectivity index (χ4n) is 2.69. The predicted molar refractivity (Wildman–Crippen MR) is 120 cm³/mol. The molecular formula is C22H21ClN2O5S. The van der Waals surface area contributed by atoms with E-state index in [2.05, 4.69) is 10.0 Å². The Morgan fingerprint density at radius 2 is 1.71 bits per heavy atom. The molecule has 0 fully saturated rings. The van der Waals surface area contributed by atoms with Gasteiger partial charge in [-0.15, -0.1) is 0 Å². The maximum atomic E-state index is 12.7. The standard InChI is InChI=1S/C22H21ClN2O5S/c1-29-18-8-5-9-19(15-18)30-13-12-24-22(26)16-10-11-20(23)21(14-16)31(27,28)25-17-6-3-2-4-7-17/h2-11,14-15,25H,12-13H2,1H3,(H,24,26). The van der Waals surface area contributed by atoms with Crippen molar-refractivity contribution in [3.63, 3.8) is 0 Å². The number of carbonyl (C=O) groups is 1. The van der Waals surface area contributed by atoms with E-state index in [-0.39, 0.29) is 28.6 Å². The monoisotopic (exact) mass is 460 g/mol. The van der Waals surface area contributed by atoms with Crippen LogP contribution in [0.2, 0.25) is 5.02 Å². The zero-order valence-corrected chi connectivity index (χ0v) is 18.2. The molecule has 0 heterocycles. The van der Waals surface area contributed by atoms with Gasteiger partial charge in [0.15, 0.2) is 0 Å².